The maximum atomic E-state index is 12.4. The third kappa shape index (κ3) is 6.15. The number of amides is 2. The van der Waals surface area contributed by atoms with Crippen LogP contribution in [-0.4, -0.2) is 23.9 Å². The van der Waals surface area contributed by atoms with Crippen LogP contribution >= 0.6 is 23.2 Å². The fraction of sp³-hybridized carbons (Fsp3) is 0.208. The van der Waals surface area contributed by atoms with Gasteiger partial charge in [0, 0.05) is 23.6 Å². The number of benzene rings is 2. The van der Waals surface area contributed by atoms with E-state index in [9.17, 15) is 9.59 Å². The molecule has 7 nitrogen and oxygen atoms in total. The summed E-state index contributed by atoms with van der Waals surface area (Å²) >= 11 is 12.8. The summed E-state index contributed by atoms with van der Waals surface area (Å²) in [6.45, 7) is 4.11. The van der Waals surface area contributed by atoms with Gasteiger partial charge in [-0.15, -0.1) is 0 Å². The Balaban J connectivity index is 1.75. The van der Waals surface area contributed by atoms with Gasteiger partial charge in [-0.1, -0.05) is 37.0 Å². The number of hydrogen-bond donors (Lipinski definition) is 2. The van der Waals surface area contributed by atoms with Crippen molar-refractivity contribution >= 4 is 40.7 Å². The minimum absolute atomic E-state index is 0.00850. The Labute approximate surface area is 201 Å². The molecule has 3 N–H and O–H groups in total. The van der Waals surface area contributed by atoms with Gasteiger partial charge in [0.2, 0.25) is 11.8 Å². The molecule has 0 aliphatic rings. The second-order valence-electron chi connectivity index (χ2n) is 7.60. The maximum Gasteiger partial charge on any atom is 0.250 e. The highest BCUT2D eigenvalue weighted by Gasteiger charge is 2.15. The second kappa shape index (κ2) is 10.6. The molecule has 1 aromatic heterocycles. The number of aromatic nitrogens is 1. The van der Waals surface area contributed by atoms with Crippen LogP contribution in [0.1, 0.15) is 41.3 Å². The van der Waals surface area contributed by atoms with E-state index in [1.165, 1.54) is 18.5 Å². The van der Waals surface area contributed by atoms with Gasteiger partial charge >= 0.3 is 0 Å². The van der Waals surface area contributed by atoms with Crippen molar-refractivity contribution in [1.29, 1.82) is 0 Å². The largest absolute Gasteiger partial charge is 0.496 e. The Bertz CT molecular complexity index is 1180. The number of anilines is 1. The Kier molecular flexibility index (Phi) is 7.79. The van der Waals surface area contributed by atoms with E-state index in [1.807, 2.05) is 12.1 Å². The van der Waals surface area contributed by atoms with E-state index in [0.29, 0.717) is 17.0 Å². The van der Waals surface area contributed by atoms with Crippen molar-refractivity contribution in [1.82, 2.24) is 4.98 Å². The zero-order valence-corrected chi connectivity index (χ0v) is 19.8. The van der Waals surface area contributed by atoms with Gasteiger partial charge in [-0.3, -0.25) is 14.6 Å². The fourth-order valence-corrected chi connectivity index (χ4v) is 3.75. The molecule has 0 saturated heterocycles. The van der Waals surface area contributed by atoms with E-state index in [4.69, 9.17) is 38.4 Å². The van der Waals surface area contributed by atoms with Gasteiger partial charge in [0.15, 0.2) is 5.75 Å². The molecule has 172 valence electrons. The molecule has 0 unspecified atom stereocenters. The number of methoxy groups -OCH3 is 1. The third-order valence-corrected chi connectivity index (χ3v) is 5.33. The lowest BCUT2D eigenvalue weighted by atomic mass is 10.0. The molecule has 0 spiro atoms. The number of hydrogen-bond acceptors (Lipinski definition) is 5. The summed E-state index contributed by atoms with van der Waals surface area (Å²) in [5.41, 5.74) is 7.41. The maximum absolute atomic E-state index is 12.4. The number of primary amides is 1. The Hall–Kier alpha value is -3.29. The van der Waals surface area contributed by atoms with E-state index in [-0.39, 0.29) is 39.6 Å². The van der Waals surface area contributed by atoms with Crippen molar-refractivity contribution in [3.63, 3.8) is 0 Å². The number of rotatable bonds is 8. The van der Waals surface area contributed by atoms with Crippen molar-refractivity contribution in [2.45, 2.75) is 26.2 Å². The third-order valence-electron chi connectivity index (χ3n) is 4.77. The molecule has 0 saturated carbocycles. The molecule has 0 bridgehead atoms. The molecule has 1 heterocycles. The number of ether oxygens (including phenoxy) is 2. The van der Waals surface area contributed by atoms with Gasteiger partial charge in [-0.2, -0.15) is 0 Å². The number of pyridine rings is 1. The summed E-state index contributed by atoms with van der Waals surface area (Å²) in [7, 11) is 1.62. The first-order chi connectivity index (χ1) is 15.7. The quantitative estimate of drug-likeness (QED) is 0.430. The van der Waals surface area contributed by atoms with Gasteiger partial charge in [0.25, 0.3) is 0 Å². The summed E-state index contributed by atoms with van der Waals surface area (Å²) in [5.74, 6) is 0.874. The normalized spacial score (nSPS) is 10.7. The zero-order chi connectivity index (χ0) is 24.1. The number of carbonyl (C=O) groups is 2. The first-order valence-corrected chi connectivity index (χ1v) is 10.8. The highest BCUT2D eigenvalue weighted by molar-refractivity contribution is 6.37. The van der Waals surface area contributed by atoms with Gasteiger partial charge in [-0.05, 0) is 47.9 Å². The van der Waals surface area contributed by atoms with Crippen molar-refractivity contribution in [2.24, 2.45) is 5.73 Å². The molecule has 0 aliphatic heterocycles. The van der Waals surface area contributed by atoms with Crippen LogP contribution in [0.5, 0.6) is 17.2 Å². The van der Waals surface area contributed by atoms with Crippen LogP contribution in [0, 0.1) is 0 Å². The number of nitrogens with one attached hydrogen (secondary N) is 1. The Morgan fingerprint density at radius 3 is 2.39 bits per heavy atom. The summed E-state index contributed by atoms with van der Waals surface area (Å²) in [6, 6.07) is 10.1. The highest BCUT2D eigenvalue weighted by atomic mass is 35.5. The number of carbonyl (C=O) groups excluding carboxylic acids is 2. The van der Waals surface area contributed by atoms with Gasteiger partial charge in [0.05, 0.1) is 29.1 Å². The van der Waals surface area contributed by atoms with E-state index >= 15 is 0 Å². The summed E-state index contributed by atoms with van der Waals surface area (Å²) in [6.07, 6.45) is 2.82. The predicted molar refractivity (Wildman–Crippen MR) is 129 cm³/mol. The van der Waals surface area contributed by atoms with Crippen molar-refractivity contribution in [3.8, 4) is 17.2 Å². The molecule has 0 aliphatic carbocycles. The van der Waals surface area contributed by atoms with Crippen LogP contribution in [-0.2, 0) is 11.2 Å². The van der Waals surface area contributed by atoms with Crippen LogP contribution in [0.3, 0.4) is 0 Å². The standard InChI is InChI=1S/C24H23Cl2N3O4/c1-13(2)18-10-17(4-5-21(18)32-3)33-23-19(25)8-16(9-20(23)26)29-22(30)7-14-6-15(24(27)31)12-28-11-14/h4-6,8-13H,7H2,1-3H3,(H2,27,31)(H,29,30). The smallest absolute Gasteiger partial charge is 0.250 e. The number of nitrogens with zero attached hydrogens (tertiary/aromatic N) is 1. The SMILES string of the molecule is COc1ccc(Oc2c(Cl)cc(NC(=O)Cc3cncc(C(N)=O)c3)cc2Cl)cc1C(C)C. The molecule has 0 atom stereocenters. The lowest BCUT2D eigenvalue weighted by Crippen LogP contribution is -2.16. The molecule has 33 heavy (non-hydrogen) atoms. The van der Waals surface area contributed by atoms with Gasteiger partial charge < -0.3 is 20.5 Å². The molecule has 3 aromatic rings. The van der Waals surface area contributed by atoms with Crippen LogP contribution in [0.2, 0.25) is 10.0 Å². The number of halogens is 2. The van der Waals surface area contributed by atoms with E-state index in [0.717, 1.165) is 11.3 Å². The van der Waals surface area contributed by atoms with E-state index in [1.54, 1.807) is 25.3 Å². The molecular formula is C24H23Cl2N3O4. The van der Waals surface area contributed by atoms with Crippen molar-refractivity contribution in [3.05, 3.63) is 75.5 Å². The average Bonchev–Trinajstić information content (AvgIpc) is 2.76. The average molecular weight is 488 g/mol. The molecular weight excluding hydrogens is 465 g/mol. The second-order valence-corrected chi connectivity index (χ2v) is 8.42. The zero-order valence-electron chi connectivity index (χ0n) is 18.3. The van der Waals surface area contributed by atoms with Crippen molar-refractivity contribution in [2.75, 3.05) is 12.4 Å². The molecule has 0 fully saturated rings. The minimum atomic E-state index is -0.615. The summed E-state index contributed by atoms with van der Waals surface area (Å²) in [4.78, 5) is 27.7. The van der Waals surface area contributed by atoms with Gasteiger partial charge in [0.1, 0.15) is 11.5 Å². The van der Waals surface area contributed by atoms with Crippen LogP contribution in [0.25, 0.3) is 0 Å². The predicted octanol–water partition coefficient (Wildman–Crippen LogP) is 5.59. The molecule has 2 aromatic carbocycles. The fourth-order valence-electron chi connectivity index (χ4n) is 3.18. The molecule has 9 heteroatoms. The lowest BCUT2D eigenvalue weighted by molar-refractivity contribution is -0.115. The monoisotopic (exact) mass is 487 g/mol. The first-order valence-electron chi connectivity index (χ1n) is 10.1. The topological polar surface area (TPSA) is 104 Å². The van der Waals surface area contributed by atoms with Gasteiger partial charge in [-0.25, -0.2) is 0 Å². The first kappa shape index (κ1) is 24.4. The minimum Gasteiger partial charge on any atom is -0.496 e. The van der Waals surface area contributed by atoms with E-state index in [2.05, 4.69) is 24.1 Å². The van der Waals surface area contributed by atoms with Crippen LogP contribution in [0.4, 0.5) is 5.69 Å². The lowest BCUT2D eigenvalue weighted by Gasteiger charge is -2.16. The van der Waals surface area contributed by atoms with Crippen LogP contribution in [0.15, 0.2) is 48.8 Å². The summed E-state index contributed by atoms with van der Waals surface area (Å²) in [5, 5.41) is 3.19. The van der Waals surface area contributed by atoms with Crippen molar-refractivity contribution < 1.29 is 19.1 Å². The highest BCUT2D eigenvalue weighted by Crippen LogP contribution is 2.40. The molecule has 3 rings (SSSR count). The Morgan fingerprint density at radius 2 is 1.79 bits per heavy atom. The molecule has 0 radical (unpaired) electrons. The number of nitrogens with two attached hydrogens (primary N) is 1. The Morgan fingerprint density at radius 1 is 1.09 bits per heavy atom. The van der Waals surface area contributed by atoms with Crippen LogP contribution < -0.4 is 20.5 Å². The molecule has 2 amide bonds. The van der Waals surface area contributed by atoms with E-state index < -0.39 is 5.91 Å². The summed E-state index contributed by atoms with van der Waals surface area (Å²) < 4.78 is 11.3.